The Morgan fingerprint density at radius 3 is 1.08 bits per heavy atom. The molecule has 0 rings (SSSR count). The third-order valence-corrected chi connectivity index (χ3v) is 9.69. The predicted octanol–water partition coefficient (Wildman–Crippen LogP) is 10.1. The molecular weight excluding hydrogens is 592 g/mol. The summed E-state index contributed by atoms with van der Waals surface area (Å²) >= 11 is 0. The van der Waals surface area contributed by atoms with E-state index in [1.54, 1.807) is 0 Å². The molecule has 0 heterocycles. The fourth-order valence-electron chi connectivity index (χ4n) is 6.48. The van der Waals surface area contributed by atoms with Gasteiger partial charge < -0.3 is 17.2 Å². The van der Waals surface area contributed by atoms with Gasteiger partial charge in [-0.2, -0.15) is 0 Å². The zero-order valence-electron chi connectivity index (χ0n) is 32.1. The van der Waals surface area contributed by atoms with Crippen LogP contribution in [-0.4, -0.2) is 54.7 Å². The number of carbonyl (C=O) groups excluding carboxylic acids is 2. The molecule has 0 saturated heterocycles. The van der Waals surface area contributed by atoms with E-state index in [1.165, 1.54) is 116 Å². The molecule has 0 aromatic rings. The number of carbonyl (C=O) groups is 2. The molecule has 48 heavy (non-hydrogen) atoms. The van der Waals surface area contributed by atoms with Crippen molar-refractivity contribution in [3.8, 4) is 0 Å². The average molecular weight is 675 g/mol. The van der Waals surface area contributed by atoms with Gasteiger partial charge in [-0.05, 0) is 64.2 Å². The Balaban J connectivity index is 4.39. The van der Waals surface area contributed by atoms with E-state index in [2.05, 4.69) is 38.2 Å². The van der Waals surface area contributed by atoms with Crippen LogP contribution in [0.15, 0.2) is 24.3 Å². The minimum atomic E-state index is -1.47. The summed E-state index contributed by atoms with van der Waals surface area (Å²) in [5.41, 5.74) is 16.9. The van der Waals surface area contributed by atoms with Crippen molar-refractivity contribution in [3.63, 3.8) is 0 Å². The van der Waals surface area contributed by atoms with Crippen LogP contribution in [0.4, 0.5) is 0 Å². The quantitative estimate of drug-likeness (QED) is 0.0341. The van der Waals surface area contributed by atoms with Gasteiger partial charge in [-0.1, -0.05) is 141 Å². The summed E-state index contributed by atoms with van der Waals surface area (Å²) in [7, 11) is 0. The molecular formula is C42H82N4O2. The van der Waals surface area contributed by atoms with Crippen LogP contribution in [0.5, 0.6) is 0 Å². The fraction of sp³-hybridized carbons (Fsp3) is 0.857. The van der Waals surface area contributed by atoms with Gasteiger partial charge in [-0.15, -0.1) is 0 Å². The highest BCUT2D eigenvalue weighted by Crippen LogP contribution is 2.19. The van der Waals surface area contributed by atoms with Crippen LogP contribution in [0.3, 0.4) is 0 Å². The van der Waals surface area contributed by atoms with Gasteiger partial charge in [0.15, 0.2) is 11.6 Å². The first-order valence-corrected chi connectivity index (χ1v) is 20.7. The van der Waals surface area contributed by atoms with E-state index >= 15 is 0 Å². The summed E-state index contributed by atoms with van der Waals surface area (Å²) < 4.78 is 0. The third kappa shape index (κ3) is 27.5. The summed E-state index contributed by atoms with van der Waals surface area (Å²) in [5.74, 6) is -0.228. The first kappa shape index (κ1) is 46.7. The van der Waals surface area contributed by atoms with Crippen LogP contribution in [-0.2, 0) is 9.59 Å². The second-order valence-electron chi connectivity index (χ2n) is 14.3. The lowest BCUT2D eigenvalue weighted by Crippen LogP contribution is -2.62. The van der Waals surface area contributed by atoms with Crippen LogP contribution >= 0.6 is 0 Å². The second kappa shape index (κ2) is 35.5. The van der Waals surface area contributed by atoms with Crippen LogP contribution in [0.25, 0.3) is 0 Å². The van der Waals surface area contributed by atoms with Gasteiger partial charge in [-0.3, -0.25) is 14.5 Å². The minimum absolute atomic E-state index is 0.114. The van der Waals surface area contributed by atoms with Crippen LogP contribution in [0.1, 0.15) is 194 Å². The summed E-state index contributed by atoms with van der Waals surface area (Å²) in [6.07, 6.45) is 41.6. The van der Waals surface area contributed by atoms with Crippen LogP contribution in [0, 0.1) is 0 Å². The molecule has 6 heteroatoms. The molecule has 282 valence electrons. The van der Waals surface area contributed by atoms with Crippen molar-refractivity contribution in [3.05, 3.63) is 24.3 Å². The monoisotopic (exact) mass is 675 g/mol. The van der Waals surface area contributed by atoms with Crippen molar-refractivity contribution in [2.24, 2.45) is 17.2 Å². The maximum absolute atomic E-state index is 13.5. The molecule has 6 N–H and O–H groups in total. The molecule has 0 aromatic carbocycles. The van der Waals surface area contributed by atoms with E-state index < -0.39 is 5.54 Å². The average Bonchev–Trinajstić information content (AvgIpc) is 3.08. The first-order valence-electron chi connectivity index (χ1n) is 20.7. The number of hydrogen-bond acceptors (Lipinski definition) is 6. The molecule has 0 spiro atoms. The number of ketones is 2. The summed E-state index contributed by atoms with van der Waals surface area (Å²) in [6, 6.07) is 0. The SMILES string of the molecule is CCCCCCCCC=CCCCCCCCC(=O)C(N)(CN(CCN)CCN)C(=O)CCCCCCCC=CCCCCCCCC. The number of Topliss-reactive ketones (excluding diaryl/α,β-unsaturated/α-hetero) is 2. The van der Waals surface area contributed by atoms with Crippen molar-refractivity contribution < 1.29 is 9.59 Å². The molecule has 0 aliphatic heterocycles. The van der Waals surface area contributed by atoms with Gasteiger partial charge >= 0.3 is 0 Å². The molecule has 0 aliphatic rings. The molecule has 0 unspecified atom stereocenters. The van der Waals surface area contributed by atoms with Crippen molar-refractivity contribution in [1.82, 2.24) is 4.90 Å². The van der Waals surface area contributed by atoms with Crippen LogP contribution in [0.2, 0.25) is 0 Å². The highest BCUT2D eigenvalue weighted by Gasteiger charge is 2.41. The van der Waals surface area contributed by atoms with Gasteiger partial charge in [0.1, 0.15) is 5.54 Å². The number of hydrogen-bond donors (Lipinski definition) is 3. The molecule has 0 radical (unpaired) electrons. The number of allylic oxidation sites excluding steroid dienone is 4. The Kier molecular flexibility index (Phi) is 34.5. The van der Waals surface area contributed by atoms with Crippen molar-refractivity contribution in [2.45, 2.75) is 199 Å². The molecule has 0 saturated carbocycles. The smallest absolute Gasteiger partial charge is 0.161 e. The predicted molar refractivity (Wildman–Crippen MR) is 210 cm³/mol. The zero-order valence-corrected chi connectivity index (χ0v) is 32.1. The minimum Gasteiger partial charge on any atom is -0.329 e. The Morgan fingerprint density at radius 1 is 0.479 bits per heavy atom. The van der Waals surface area contributed by atoms with Crippen molar-refractivity contribution >= 4 is 11.6 Å². The Hall–Kier alpha value is -1.34. The zero-order chi connectivity index (χ0) is 35.4. The van der Waals surface area contributed by atoms with E-state index in [0.717, 1.165) is 51.4 Å². The lowest BCUT2D eigenvalue weighted by Gasteiger charge is -2.33. The number of nitrogens with zero attached hydrogens (tertiary/aromatic N) is 1. The maximum atomic E-state index is 13.5. The molecule has 6 nitrogen and oxygen atoms in total. The highest BCUT2D eigenvalue weighted by molar-refractivity contribution is 6.11. The van der Waals surface area contributed by atoms with Crippen LogP contribution < -0.4 is 17.2 Å². The third-order valence-electron chi connectivity index (χ3n) is 9.69. The van der Waals surface area contributed by atoms with Gasteiger partial charge in [0.2, 0.25) is 0 Å². The van der Waals surface area contributed by atoms with E-state index in [1.807, 2.05) is 4.90 Å². The van der Waals surface area contributed by atoms with Crippen molar-refractivity contribution in [2.75, 3.05) is 32.7 Å². The Bertz CT molecular complexity index is 724. The molecule has 0 fully saturated rings. The Morgan fingerprint density at radius 2 is 0.771 bits per heavy atom. The number of unbranched alkanes of at least 4 members (excludes halogenated alkanes) is 22. The molecule has 0 atom stereocenters. The van der Waals surface area contributed by atoms with E-state index in [9.17, 15) is 9.59 Å². The number of rotatable bonds is 38. The normalized spacial score (nSPS) is 13.3. The fourth-order valence-corrected chi connectivity index (χ4v) is 6.48. The van der Waals surface area contributed by atoms with E-state index in [4.69, 9.17) is 17.2 Å². The summed E-state index contributed by atoms with van der Waals surface area (Å²) in [6.45, 7) is 6.80. The lowest BCUT2D eigenvalue weighted by atomic mass is 9.84. The van der Waals surface area contributed by atoms with Gasteiger partial charge in [0.25, 0.3) is 0 Å². The first-order chi connectivity index (χ1) is 23.5. The van der Waals surface area contributed by atoms with Gasteiger partial charge in [0.05, 0.1) is 0 Å². The second-order valence-corrected chi connectivity index (χ2v) is 14.3. The molecule has 0 amide bonds. The van der Waals surface area contributed by atoms with E-state index in [0.29, 0.717) is 39.0 Å². The summed E-state index contributed by atoms with van der Waals surface area (Å²) in [4.78, 5) is 29.0. The van der Waals surface area contributed by atoms with Gasteiger partial charge in [0, 0.05) is 45.6 Å². The van der Waals surface area contributed by atoms with Crippen molar-refractivity contribution in [1.29, 1.82) is 0 Å². The van der Waals surface area contributed by atoms with Gasteiger partial charge in [-0.25, -0.2) is 0 Å². The molecule has 0 aromatic heterocycles. The van der Waals surface area contributed by atoms with E-state index in [-0.39, 0.29) is 18.1 Å². The topological polar surface area (TPSA) is 115 Å². The standard InChI is InChI=1S/C42H82N4O2/c1-3-5-7-9-11-13-15-17-19-21-23-25-27-29-31-33-40(47)42(45,39-46(37-35-43)38-36-44)41(48)34-32-30-28-26-24-22-20-18-16-14-12-10-8-6-4-2/h17-20H,3-16,21-39,43-45H2,1-2H3. The highest BCUT2D eigenvalue weighted by atomic mass is 16.2. The Labute approximate surface area is 298 Å². The number of nitrogens with two attached hydrogens (primary N) is 3. The largest absolute Gasteiger partial charge is 0.329 e. The maximum Gasteiger partial charge on any atom is 0.161 e. The lowest BCUT2D eigenvalue weighted by molar-refractivity contribution is -0.135. The molecule has 0 aliphatic carbocycles. The molecule has 0 bridgehead atoms. The summed E-state index contributed by atoms with van der Waals surface area (Å²) in [5, 5.41) is 0.